The van der Waals surface area contributed by atoms with Crippen molar-refractivity contribution in [1.29, 1.82) is 0 Å². The van der Waals surface area contributed by atoms with E-state index < -0.39 is 0 Å². The summed E-state index contributed by atoms with van der Waals surface area (Å²) in [5.41, 5.74) is 2.72. The molecule has 10 heteroatoms. The number of methoxy groups -OCH3 is 1. The Morgan fingerprint density at radius 3 is 2.22 bits per heavy atom. The molecule has 3 rings (SSSR count). The summed E-state index contributed by atoms with van der Waals surface area (Å²) in [6.07, 6.45) is 3.18. The lowest BCUT2D eigenvalue weighted by atomic mass is 10.1. The van der Waals surface area contributed by atoms with E-state index in [0.717, 1.165) is 11.3 Å². The Labute approximate surface area is 210 Å². The quantitative estimate of drug-likeness (QED) is 0.136. The lowest BCUT2D eigenvalue weighted by molar-refractivity contribution is 0.103. The first-order valence-corrected chi connectivity index (χ1v) is 11.1. The number of ether oxygens (including phenoxy) is 2. The summed E-state index contributed by atoms with van der Waals surface area (Å²) in [5, 5.41) is 4.44. The summed E-state index contributed by atoms with van der Waals surface area (Å²) >= 11 is 30.7. The van der Waals surface area contributed by atoms with E-state index in [1.165, 1.54) is 6.08 Å². The first kappa shape index (κ1) is 24.7. The van der Waals surface area contributed by atoms with Crippen molar-refractivity contribution in [3.8, 4) is 11.5 Å². The minimum Gasteiger partial charge on any atom is -0.496 e. The van der Waals surface area contributed by atoms with E-state index in [-0.39, 0.29) is 43.3 Å². The average molecular weight is 535 g/mol. The number of rotatable bonds is 7. The van der Waals surface area contributed by atoms with Gasteiger partial charge in [0, 0.05) is 12.6 Å². The summed E-state index contributed by atoms with van der Waals surface area (Å²) < 4.78 is 12.8. The molecule has 0 bridgehead atoms. The van der Waals surface area contributed by atoms with Crippen LogP contribution in [0.15, 0.2) is 30.3 Å². The monoisotopic (exact) mass is 532 g/mol. The lowest BCUT2D eigenvalue weighted by Crippen LogP contribution is -2.04. The van der Waals surface area contributed by atoms with Crippen molar-refractivity contribution in [2.24, 2.45) is 7.05 Å². The summed E-state index contributed by atoms with van der Waals surface area (Å²) in [6.45, 7) is 1.88. The van der Waals surface area contributed by atoms with Crippen molar-refractivity contribution in [3.63, 3.8) is 0 Å². The Balaban J connectivity index is 1.85. The van der Waals surface area contributed by atoms with Crippen molar-refractivity contribution < 1.29 is 14.3 Å². The van der Waals surface area contributed by atoms with Crippen LogP contribution >= 0.6 is 58.0 Å². The molecular weight excluding hydrogens is 518 g/mol. The maximum atomic E-state index is 12.5. The number of nitrogens with zero attached hydrogens (tertiary/aromatic N) is 2. The molecule has 0 aliphatic carbocycles. The van der Waals surface area contributed by atoms with Crippen LogP contribution in [0.2, 0.25) is 25.1 Å². The smallest absolute Gasteiger partial charge is 0.203 e. The fraction of sp³-hybridized carbons (Fsp3) is 0.182. The van der Waals surface area contributed by atoms with Crippen LogP contribution in [0.4, 0.5) is 0 Å². The Morgan fingerprint density at radius 1 is 1.03 bits per heavy atom. The van der Waals surface area contributed by atoms with E-state index >= 15 is 0 Å². The third-order valence-electron chi connectivity index (χ3n) is 4.53. The van der Waals surface area contributed by atoms with Gasteiger partial charge in [-0.3, -0.25) is 9.48 Å². The molecule has 0 fully saturated rings. The SMILES string of the molecule is COc1ccc(/C=C/C(=O)c2cc(C)nn2C)cc1COc1c(Cl)c(Cl)c(Cl)c(Cl)c1Cl. The van der Waals surface area contributed by atoms with Crippen molar-refractivity contribution in [1.82, 2.24) is 9.78 Å². The number of benzene rings is 2. The molecule has 3 aromatic rings. The summed E-state index contributed by atoms with van der Waals surface area (Å²) in [4.78, 5) is 12.5. The summed E-state index contributed by atoms with van der Waals surface area (Å²) in [5.74, 6) is 0.525. The van der Waals surface area contributed by atoms with E-state index in [0.29, 0.717) is 17.0 Å². The van der Waals surface area contributed by atoms with Crippen molar-refractivity contribution in [2.75, 3.05) is 7.11 Å². The van der Waals surface area contributed by atoms with Gasteiger partial charge in [0.1, 0.15) is 28.1 Å². The summed E-state index contributed by atoms with van der Waals surface area (Å²) in [6, 6.07) is 7.13. The van der Waals surface area contributed by atoms with Gasteiger partial charge >= 0.3 is 0 Å². The molecule has 5 nitrogen and oxygen atoms in total. The van der Waals surface area contributed by atoms with Crippen LogP contribution in [-0.2, 0) is 13.7 Å². The predicted octanol–water partition coefficient (Wildman–Crippen LogP) is 7.48. The van der Waals surface area contributed by atoms with Crippen molar-refractivity contribution in [3.05, 3.63) is 78.0 Å². The highest BCUT2D eigenvalue weighted by atomic mass is 35.5. The van der Waals surface area contributed by atoms with E-state index in [2.05, 4.69) is 5.10 Å². The number of aromatic nitrogens is 2. The van der Waals surface area contributed by atoms with Crippen molar-refractivity contribution in [2.45, 2.75) is 13.5 Å². The third-order valence-corrected chi connectivity index (χ3v) is 6.77. The fourth-order valence-corrected chi connectivity index (χ4v) is 4.21. The second-order valence-corrected chi connectivity index (χ2v) is 8.64. The first-order valence-electron chi connectivity index (χ1n) is 9.18. The zero-order valence-electron chi connectivity index (χ0n) is 17.2. The number of halogens is 5. The maximum absolute atomic E-state index is 12.5. The van der Waals surface area contributed by atoms with Gasteiger partial charge in [0.2, 0.25) is 5.78 Å². The molecule has 2 aromatic carbocycles. The van der Waals surface area contributed by atoms with Gasteiger partial charge in [-0.05, 0) is 36.8 Å². The van der Waals surface area contributed by atoms with Gasteiger partial charge in [0.05, 0.1) is 27.9 Å². The molecule has 0 radical (unpaired) electrons. The van der Waals surface area contributed by atoms with Crippen LogP contribution in [0, 0.1) is 6.92 Å². The number of carbonyl (C=O) groups excluding carboxylic acids is 1. The maximum Gasteiger partial charge on any atom is 0.203 e. The summed E-state index contributed by atoms with van der Waals surface area (Å²) in [7, 11) is 3.26. The van der Waals surface area contributed by atoms with E-state index in [4.69, 9.17) is 67.5 Å². The third kappa shape index (κ3) is 5.19. The minimum absolute atomic E-state index is 0.0466. The molecule has 0 aliphatic heterocycles. The number of carbonyl (C=O) groups is 1. The second-order valence-electron chi connectivity index (χ2n) is 6.75. The first-order chi connectivity index (χ1) is 15.1. The zero-order chi connectivity index (χ0) is 23.6. The molecule has 0 atom stereocenters. The molecule has 0 amide bonds. The highest BCUT2D eigenvalue weighted by Gasteiger charge is 2.21. The Morgan fingerprint density at radius 2 is 1.66 bits per heavy atom. The largest absolute Gasteiger partial charge is 0.496 e. The molecule has 32 heavy (non-hydrogen) atoms. The van der Waals surface area contributed by atoms with Crippen LogP contribution in [-0.4, -0.2) is 22.7 Å². The Bertz CT molecular complexity index is 1190. The minimum atomic E-state index is -0.161. The van der Waals surface area contributed by atoms with Gasteiger partial charge in [0.15, 0.2) is 5.75 Å². The van der Waals surface area contributed by atoms with E-state index in [9.17, 15) is 4.79 Å². The Hall–Kier alpha value is -1.89. The topological polar surface area (TPSA) is 53.3 Å². The molecule has 1 aromatic heterocycles. The fourth-order valence-electron chi connectivity index (χ4n) is 2.97. The van der Waals surface area contributed by atoms with Gasteiger partial charge in [-0.1, -0.05) is 70.1 Å². The van der Waals surface area contributed by atoms with Crippen LogP contribution < -0.4 is 9.47 Å². The predicted molar refractivity (Wildman–Crippen MR) is 130 cm³/mol. The molecule has 0 N–H and O–H groups in total. The normalized spacial score (nSPS) is 11.2. The molecule has 1 heterocycles. The number of hydrogen-bond acceptors (Lipinski definition) is 4. The second kappa shape index (κ2) is 10.4. The molecule has 0 saturated carbocycles. The molecule has 0 aliphatic rings. The zero-order valence-corrected chi connectivity index (χ0v) is 21.0. The molecule has 0 unspecified atom stereocenters. The standard InChI is InChI=1S/C22H17Cl5N2O3/c1-11-8-14(29(2)28-11)15(30)6-4-12-5-7-16(31-3)13(9-12)10-32-22-20(26)18(24)17(23)19(25)21(22)27/h4-9H,10H2,1-3H3/b6-4+. The van der Waals surface area contributed by atoms with Gasteiger partial charge in [-0.25, -0.2) is 0 Å². The van der Waals surface area contributed by atoms with Gasteiger partial charge in [0.25, 0.3) is 0 Å². The van der Waals surface area contributed by atoms with E-state index in [1.54, 1.807) is 37.0 Å². The number of hydrogen-bond donors (Lipinski definition) is 0. The van der Waals surface area contributed by atoms with Gasteiger partial charge in [-0.2, -0.15) is 5.10 Å². The van der Waals surface area contributed by atoms with Crippen LogP contribution in [0.3, 0.4) is 0 Å². The molecule has 0 spiro atoms. The van der Waals surface area contributed by atoms with Crippen LogP contribution in [0.25, 0.3) is 6.08 Å². The average Bonchev–Trinajstić information content (AvgIpc) is 3.12. The van der Waals surface area contributed by atoms with Gasteiger partial charge in [-0.15, -0.1) is 0 Å². The highest BCUT2D eigenvalue weighted by molar-refractivity contribution is 6.55. The number of allylic oxidation sites excluding steroid dienone is 1. The Kier molecular flexibility index (Phi) is 8.01. The molecular formula is C22H17Cl5N2O3. The van der Waals surface area contributed by atoms with Gasteiger partial charge < -0.3 is 9.47 Å². The highest BCUT2D eigenvalue weighted by Crippen LogP contribution is 2.48. The van der Waals surface area contributed by atoms with Crippen LogP contribution in [0.5, 0.6) is 11.5 Å². The molecule has 0 saturated heterocycles. The van der Waals surface area contributed by atoms with Crippen molar-refractivity contribution >= 4 is 69.9 Å². The van der Waals surface area contributed by atoms with E-state index in [1.807, 2.05) is 19.1 Å². The number of ketones is 1. The van der Waals surface area contributed by atoms with Crippen LogP contribution in [0.1, 0.15) is 27.3 Å². The number of aryl methyl sites for hydroxylation is 2. The lowest BCUT2D eigenvalue weighted by Gasteiger charge is -2.15. The molecule has 168 valence electrons.